The Morgan fingerprint density at radius 3 is 2.29 bits per heavy atom. The van der Waals surface area contributed by atoms with Crippen molar-refractivity contribution < 1.29 is 9.53 Å². The number of hydrogen-bond donors (Lipinski definition) is 0. The molecule has 0 saturated heterocycles. The van der Waals surface area contributed by atoms with Crippen LogP contribution in [0, 0.1) is 0 Å². The molecule has 5 aromatic rings. The first kappa shape index (κ1) is 22.5. The fourth-order valence-corrected chi connectivity index (χ4v) is 4.46. The summed E-state index contributed by atoms with van der Waals surface area (Å²) in [6.07, 6.45) is 7.61. The van der Waals surface area contributed by atoms with Gasteiger partial charge in [-0.3, -0.25) is 9.78 Å². The van der Waals surface area contributed by atoms with Crippen LogP contribution in [0.3, 0.4) is 0 Å². The standard InChI is InChI=1S/C29H26N4O2/c1-3-35-28(34)29(2,19-21-7-5-4-6-8-21)26-15-18-31-27-25(20-32-33(26)27)24-11-9-22(10-12-24)23-13-16-30-17-14-23/h4-18,20H,3,19H2,1-2H3. The number of carbonyl (C=O) groups is 1. The molecule has 0 aliphatic carbocycles. The van der Waals surface area contributed by atoms with Crippen molar-refractivity contribution in [3.63, 3.8) is 0 Å². The molecule has 35 heavy (non-hydrogen) atoms. The number of hydrogen-bond acceptors (Lipinski definition) is 5. The minimum Gasteiger partial charge on any atom is -0.465 e. The molecule has 6 nitrogen and oxygen atoms in total. The summed E-state index contributed by atoms with van der Waals surface area (Å²) in [4.78, 5) is 22.0. The van der Waals surface area contributed by atoms with Crippen molar-refractivity contribution in [1.82, 2.24) is 19.6 Å². The van der Waals surface area contributed by atoms with Gasteiger partial charge in [-0.05, 0) is 60.7 Å². The molecule has 174 valence electrons. The van der Waals surface area contributed by atoms with Crippen LogP contribution in [0.25, 0.3) is 27.9 Å². The second-order valence-electron chi connectivity index (χ2n) is 8.65. The van der Waals surface area contributed by atoms with Crippen molar-refractivity contribution in [2.75, 3.05) is 6.61 Å². The summed E-state index contributed by atoms with van der Waals surface area (Å²) in [5, 5.41) is 4.66. The zero-order valence-corrected chi connectivity index (χ0v) is 19.8. The Balaban J connectivity index is 1.57. The molecule has 0 radical (unpaired) electrons. The summed E-state index contributed by atoms with van der Waals surface area (Å²) in [5.74, 6) is -0.282. The minimum absolute atomic E-state index is 0.282. The summed E-state index contributed by atoms with van der Waals surface area (Å²) in [5.41, 5.74) is 5.67. The number of aromatic nitrogens is 4. The maximum absolute atomic E-state index is 13.3. The Kier molecular flexibility index (Phi) is 6.10. The van der Waals surface area contributed by atoms with Gasteiger partial charge in [0.25, 0.3) is 0 Å². The van der Waals surface area contributed by atoms with E-state index in [1.54, 1.807) is 29.3 Å². The van der Waals surface area contributed by atoms with E-state index in [-0.39, 0.29) is 5.97 Å². The number of pyridine rings is 1. The Morgan fingerprint density at radius 2 is 1.57 bits per heavy atom. The number of rotatable bonds is 7. The van der Waals surface area contributed by atoms with Crippen molar-refractivity contribution in [2.24, 2.45) is 0 Å². The summed E-state index contributed by atoms with van der Waals surface area (Å²) in [6.45, 7) is 4.05. The van der Waals surface area contributed by atoms with Crippen molar-refractivity contribution >= 4 is 11.6 Å². The first-order chi connectivity index (χ1) is 17.1. The molecule has 0 fully saturated rings. The smallest absolute Gasteiger partial charge is 0.318 e. The highest BCUT2D eigenvalue weighted by atomic mass is 16.5. The number of esters is 1. The quantitative estimate of drug-likeness (QED) is 0.298. The predicted octanol–water partition coefficient (Wildman–Crippen LogP) is 5.52. The van der Waals surface area contributed by atoms with Gasteiger partial charge in [0.2, 0.25) is 0 Å². The predicted molar refractivity (Wildman–Crippen MR) is 136 cm³/mol. The van der Waals surface area contributed by atoms with Crippen molar-refractivity contribution in [1.29, 1.82) is 0 Å². The van der Waals surface area contributed by atoms with Crippen LogP contribution in [0.5, 0.6) is 0 Å². The molecule has 0 bridgehead atoms. The third-order valence-electron chi connectivity index (χ3n) is 6.30. The van der Waals surface area contributed by atoms with Crippen LogP contribution in [0.4, 0.5) is 0 Å². The summed E-state index contributed by atoms with van der Waals surface area (Å²) in [6, 6.07) is 24.1. The van der Waals surface area contributed by atoms with Gasteiger partial charge in [0.05, 0.1) is 18.5 Å². The van der Waals surface area contributed by atoms with E-state index in [1.807, 2.05) is 62.4 Å². The normalized spacial score (nSPS) is 12.9. The zero-order chi connectivity index (χ0) is 24.3. The van der Waals surface area contributed by atoms with Crippen molar-refractivity contribution in [3.8, 4) is 22.3 Å². The summed E-state index contributed by atoms with van der Waals surface area (Å²) >= 11 is 0. The summed E-state index contributed by atoms with van der Waals surface area (Å²) in [7, 11) is 0. The lowest BCUT2D eigenvalue weighted by Crippen LogP contribution is -2.38. The zero-order valence-electron chi connectivity index (χ0n) is 19.8. The number of nitrogens with zero attached hydrogens (tertiary/aromatic N) is 4. The lowest BCUT2D eigenvalue weighted by molar-refractivity contribution is -0.149. The number of benzene rings is 2. The highest BCUT2D eigenvalue weighted by molar-refractivity contribution is 5.84. The van der Waals surface area contributed by atoms with Gasteiger partial charge in [0, 0.05) is 24.2 Å². The van der Waals surface area contributed by atoms with Crippen LogP contribution in [0.1, 0.15) is 25.1 Å². The van der Waals surface area contributed by atoms with Gasteiger partial charge in [-0.25, -0.2) is 9.50 Å². The fraction of sp³-hybridized carbons (Fsp3) is 0.172. The van der Waals surface area contributed by atoms with E-state index in [0.29, 0.717) is 18.7 Å². The van der Waals surface area contributed by atoms with Crippen LogP contribution >= 0.6 is 0 Å². The van der Waals surface area contributed by atoms with Gasteiger partial charge in [0.1, 0.15) is 5.41 Å². The first-order valence-corrected chi connectivity index (χ1v) is 11.7. The van der Waals surface area contributed by atoms with E-state index in [9.17, 15) is 4.79 Å². The third kappa shape index (κ3) is 4.30. The maximum atomic E-state index is 13.3. The lowest BCUT2D eigenvalue weighted by atomic mass is 9.80. The van der Waals surface area contributed by atoms with Gasteiger partial charge < -0.3 is 4.74 Å². The Labute approximate surface area is 204 Å². The molecule has 5 rings (SSSR count). The topological polar surface area (TPSA) is 69.4 Å². The molecular formula is C29H26N4O2. The Bertz CT molecular complexity index is 1450. The van der Waals surface area contributed by atoms with E-state index >= 15 is 0 Å². The first-order valence-electron chi connectivity index (χ1n) is 11.7. The molecule has 3 aromatic heterocycles. The average Bonchev–Trinajstić information content (AvgIpc) is 3.34. The molecule has 0 amide bonds. The largest absolute Gasteiger partial charge is 0.465 e. The molecule has 0 aliphatic heterocycles. The number of ether oxygens (including phenoxy) is 1. The SMILES string of the molecule is CCOC(=O)C(C)(Cc1ccccc1)c1ccnc2c(-c3ccc(-c4ccncc4)cc3)cnn12. The molecule has 1 atom stereocenters. The van der Waals surface area contributed by atoms with Crippen LogP contribution in [-0.2, 0) is 21.4 Å². The van der Waals surface area contributed by atoms with Gasteiger partial charge >= 0.3 is 5.97 Å². The van der Waals surface area contributed by atoms with Crippen molar-refractivity contribution in [2.45, 2.75) is 25.7 Å². The molecule has 2 aromatic carbocycles. The summed E-state index contributed by atoms with van der Waals surface area (Å²) < 4.78 is 7.29. The average molecular weight is 463 g/mol. The van der Waals surface area contributed by atoms with E-state index in [1.165, 1.54) is 0 Å². The van der Waals surface area contributed by atoms with Crippen LogP contribution < -0.4 is 0 Å². The Hall–Kier alpha value is -4.32. The van der Waals surface area contributed by atoms with E-state index in [4.69, 9.17) is 4.74 Å². The second-order valence-corrected chi connectivity index (χ2v) is 8.65. The molecule has 0 aliphatic rings. The van der Waals surface area contributed by atoms with Gasteiger partial charge in [0.15, 0.2) is 5.65 Å². The maximum Gasteiger partial charge on any atom is 0.318 e. The van der Waals surface area contributed by atoms with E-state index in [0.717, 1.165) is 33.5 Å². The van der Waals surface area contributed by atoms with Crippen molar-refractivity contribution in [3.05, 3.63) is 109 Å². The van der Waals surface area contributed by atoms with Gasteiger partial charge in [-0.1, -0.05) is 54.6 Å². The lowest BCUT2D eigenvalue weighted by Gasteiger charge is -2.28. The molecule has 0 saturated carbocycles. The van der Waals surface area contributed by atoms with E-state index < -0.39 is 5.41 Å². The minimum atomic E-state index is -0.937. The van der Waals surface area contributed by atoms with E-state index in [2.05, 4.69) is 39.3 Å². The fourth-order valence-electron chi connectivity index (χ4n) is 4.46. The molecule has 0 spiro atoms. The van der Waals surface area contributed by atoms with Crippen LogP contribution in [0.2, 0.25) is 0 Å². The Morgan fingerprint density at radius 1 is 0.886 bits per heavy atom. The van der Waals surface area contributed by atoms with Crippen LogP contribution in [0.15, 0.2) is 97.6 Å². The molecule has 6 heteroatoms. The molecule has 3 heterocycles. The number of fused-ring (bicyclic) bond motifs is 1. The highest BCUT2D eigenvalue weighted by Gasteiger charge is 2.39. The highest BCUT2D eigenvalue weighted by Crippen LogP contribution is 2.33. The number of carbonyl (C=O) groups excluding carboxylic acids is 1. The molecular weight excluding hydrogens is 436 g/mol. The molecule has 1 unspecified atom stereocenters. The molecule has 0 N–H and O–H groups in total. The second kappa shape index (κ2) is 9.50. The van der Waals surface area contributed by atoms with Crippen LogP contribution in [-0.4, -0.2) is 32.2 Å². The van der Waals surface area contributed by atoms with Gasteiger partial charge in [-0.2, -0.15) is 5.10 Å². The third-order valence-corrected chi connectivity index (χ3v) is 6.30. The monoisotopic (exact) mass is 462 g/mol. The van der Waals surface area contributed by atoms with Gasteiger partial charge in [-0.15, -0.1) is 0 Å².